The summed E-state index contributed by atoms with van der Waals surface area (Å²) in [4.78, 5) is 68.3. The van der Waals surface area contributed by atoms with Gasteiger partial charge in [0.25, 0.3) is 0 Å². The molecule has 1 saturated heterocycles. The minimum Gasteiger partial charge on any atom is -0.451 e. The number of carbonyl (C=O) groups excluding carboxylic acids is 4. The van der Waals surface area contributed by atoms with Gasteiger partial charge in [-0.1, -0.05) is 5.92 Å². The van der Waals surface area contributed by atoms with Crippen LogP contribution in [0.3, 0.4) is 0 Å². The van der Waals surface area contributed by atoms with Crippen molar-refractivity contribution in [3.05, 3.63) is 120 Å². The number of rotatable bonds is 8. The maximum absolute atomic E-state index is 13.3. The van der Waals surface area contributed by atoms with Crippen LogP contribution in [0.15, 0.2) is 98.1 Å². The zero-order chi connectivity index (χ0) is 30.9. The van der Waals surface area contributed by atoms with E-state index in [1.165, 1.54) is 98.1 Å². The van der Waals surface area contributed by atoms with Gasteiger partial charge in [-0.2, -0.15) is 0 Å². The highest BCUT2D eigenvalue weighted by molar-refractivity contribution is 5.91. The van der Waals surface area contributed by atoms with Crippen LogP contribution in [0.5, 0.6) is 0 Å². The number of carbonyl (C=O) groups is 4. The molecular formula is C31H22N4O9. The molecule has 44 heavy (non-hydrogen) atoms. The lowest BCUT2D eigenvalue weighted by Gasteiger charge is -2.42. The second-order valence-electron chi connectivity index (χ2n) is 9.05. The highest BCUT2D eigenvalue weighted by Gasteiger charge is 2.54. The molecule has 0 aliphatic carbocycles. The van der Waals surface area contributed by atoms with Gasteiger partial charge in [-0.05, 0) is 48.5 Å². The van der Waals surface area contributed by atoms with E-state index in [9.17, 15) is 19.2 Å². The molecule has 0 aromatic carbocycles. The number of hydrogen-bond acceptors (Lipinski definition) is 13. The van der Waals surface area contributed by atoms with Gasteiger partial charge in [0, 0.05) is 49.6 Å². The first kappa shape index (κ1) is 29.5. The first-order valence-electron chi connectivity index (χ1n) is 13.0. The Labute approximate surface area is 250 Å². The fourth-order valence-corrected chi connectivity index (χ4v) is 4.13. The summed E-state index contributed by atoms with van der Waals surface area (Å²) in [5.74, 6) is -1.22. The third-order valence-corrected chi connectivity index (χ3v) is 6.28. The molecule has 5 rings (SSSR count). The van der Waals surface area contributed by atoms with Crippen LogP contribution in [-0.2, 0) is 23.7 Å². The summed E-state index contributed by atoms with van der Waals surface area (Å²) in [5, 5.41) is 0. The van der Waals surface area contributed by atoms with Crippen molar-refractivity contribution in [2.45, 2.75) is 30.7 Å². The van der Waals surface area contributed by atoms with E-state index in [1.807, 2.05) is 0 Å². The van der Waals surface area contributed by atoms with Gasteiger partial charge in [0.05, 0.1) is 22.3 Å². The van der Waals surface area contributed by atoms with Gasteiger partial charge in [-0.3, -0.25) is 19.9 Å². The molecule has 220 valence electrons. The number of esters is 4. The van der Waals surface area contributed by atoms with E-state index in [0.717, 1.165) is 0 Å². The maximum Gasteiger partial charge on any atom is 0.340 e. The van der Waals surface area contributed by atoms with Gasteiger partial charge >= 0.3 is 23.9 Å². The number of hydrogen-bond donors (Lipinski definition) is 0. The summed E-state index contributed by atoms with van der Waals surface area (Å²) >= 11 is 0. The van der Waals surface area contributed by atoms with Crippen LogP contribution >= 0.6 is 0 Å². The molecule has 0 amide bonds. The molecule has 1 aliphatic heterocycles. The van der Waals surface area contributed by atoms with Gasteiger partial charge < -0.3 is 23.7 Å². The zero-order valence-corrected chi connectivity index (χ0v) is 22.7. The minimum atomic E-state index is -1.71. The molecule has 0 radical (unpaired) electrons. The number of nitrogens with zero attached hydrogens (tertiary/aromatic N) is 4. The highest BCUT2D eigenvalue weighted by Crippen LogP contribution is 2.31. The molecule has 1 unspecified atom stereocenters. The second kappa shape index (κ2) is 13.8. The molecule has 0 bridgehead atoms. The van der Waals surface area contributed by atoms with E-state index in [0.29, 0.717) is 0 Å². The van der Waals surface area contributed by atoms with Gasteiger partial charge in [0.1, 0.15) is 0 Å². The van der Waals surface area contributed by atoms with Crippen molar-refractivity contribution in [3.63, 3.8) is 0 Å². The monoisotopic (exact) mass is 594 g/mol. The third-order valence-electron chi connectivity index (χ3n) is 6.28. The fraction of sp³-hybridized carbons (Fsp3) is 0.161. The Hall–Kier alpha value is -6.00. The molecule has 13 nitrogen and oxygen atoms in total. The van der Waals surface area contributed by atoms with Crippen LogP contribution in [0.2, 0.25) is 0 Å². The molecule has 13 heteroatoms. The van der Waals surface area contributed by atoms with Crippen molar-refractivity contribution < 1.29 is 42.9 Å². The first-order chi connectivity index (χ1) is 21.4. The predicted octanol–water partition coefficient (Wildman–Crippen LogP) is 2.46. The lowest BCUT2D eigenvalue weighted by molar-refractivity contribution is -0.266. The Morgan fingerprint density at radius 3 is 1.20 bits per heavy atom. The van der Waals surface area contributed by atoms with Crippen LogP contribution < -0.4 is 0 Å². The summed E-state index contributed by atoms with van der Waals surface area (Å²) in [6.07, 6.45) is 8.75. The van der Waals surface area contributed by atoms with Crippen molar-refractivity contribution in [3.8, 4) is 12.3 Å². The Bertz CT molecular complexity index is 1650. The molecular weight excluding hydrogens is 572 g/mol. The van der Waals surface area contributed by atoms with Crippen molar-refractivity contribution >= 4 is 23.9 Å². The first-order valence-corrected chi connectivity index (χ1v) is 13.0. The number of aromatic nitrogens is 4. The summed E-state index contributed by atoms with van der Waals surface area (Å²) in [5.41, 5.74) is 0.346. The summed E-state index contributed by atoms with van der Waals surface area (Å²) in [7, 11) is 0. The second-order valence-corrected chi connectivity index (χ2v) is 9.05. The molecule has 1 fully saturated rings. The van der Waals surface area contributed by atoms with Crippen molar-refractivity contribution in [2.75, 3.05) is 0 Å². The molecule has 1 aliphatic rings. The van der Waals surface area contributed by atoms with Crippen molar-refractivity contribution in [1.29, 1.82) is 0 Å². The van der Waals surface area contributed by atoms with Crippen LogP contribution in [0.25, 0.3) is 0 Å². The van der Waals surface area contributed by atoms with Crippen LogP contribution in [0, 0.1) is 12.3 Å². The number of pyridine rings is 4. The van der Waals surface area contributed by atoms with Crippen molar-refractivity contribution in [1.82, 2.24) is 19.9 Å². The summed E-state index contributed by atoms with van der Waals surface area (Å²) < 4.78 is 28.7. The van der Waals surface area contributed by atoms with E-state index < -0.39 is 54.6 Å². The van der Waals surface area contributed by atoms with Crippen LogP contribution in [0.4, 0.5) is 0 Å². The van der Waals surface area contributed by atoms with E-state index in [4.69, 9.17) is 30.1 Å². The van der Waals surface area contributed by atoms with Gasteiger partial charge in [0.2, 0.25) is 12.4 Å². The average Bonchev–Trinajstić information content (AvgIpc) is 3.08. The molecule has 4 aromatic rings. The molecule has 0 saturated carbocycles. The normalized spacial score (nSPS) is 20.8. The largest absolute Gasteiger partial charge is 0.451 e. The standard InChI is InChI=1S/C31H22N4O9/c1-2-23-24(41-27(36)19-3-11-32-12-4-19)25(42-28(37)20-5-13-33-14-6-20)26(43-29(38)21-7-15-34-16-8-21)31(40-23)44-30(39)22-9-17-35-18-10-22/h1,3-18,23-26,31H/t23-,24+,25+,26+,31?/m0/s1. The van der Waals surface area contributed by atoms with Crippen LogP contribution in [0.1, 0.15) is 41.4 Å². The van der Waals surface area contributed by atoms with Gasteiger partial charge in [0.15, 0.2) is 18.3 Å². The van der Waals surface area contributed by atoms with E-state index in [-0.39, 0.29) is 22.3 Å². The number of terminal acetylenes is 1. The highest BCUT2D eigenvalue weighted by atomic mass is 16.7. The van der Waals surface area contributed by atoms with E-state index in [2.05, 4.69) is 25.9 Å². The summed E-state index contributed by atoms with van der Waals surface area (Å²) in [6.45, 7) is 0. The van der Waals surface area contributed by atoms with Crippen LogP contribution in [-0.4, -0.2) is 74.5 Å². The number of ether oxygens (including phenoxy) is 5. The molecule has 5 heterocycles. The topological polar surface area (TPSA) is 166 Å². The Kier molecular flexibility index (Phi) is 9.23. The Morgan fingerprint density at radius 1 is 0.523 bits per heavy atom. The Balaban J connectivity index is 1.54. The smallest absolute Gasteiger partial charge is 0.340 e. The summed E-state index contributed by atoms with van der Waals surface area (Å²) in [6, 6.07) is 11.1. The third kappa shape index (κ3) is 6.89. The van der Waals surface area contributed by atoms with Gasteiger partial charge in [-0.15, -0.1) is 6.42 Å². The molecule has 0 spiro atoms. The fourth-order valence-electron chi connectivity index (χ4n) is 4.13. The predicted molar refractivity (Wildman–Crippen MR) is 147 cm³/mol. The van der Waals surface area contributed by atoms with E-state index in [1.54, 1.807) is 0 Å². The molecule has 4 aromatic heterocycles. The average molecular weight is 595 g/mol. The lowest BCUT2D eigenvalue weighted by Crippen LogP contribution is -2.62. The molecule has 0 N–H and O–H groups in total. The van der Waals surface area contributed by atoms with Crippen molar-refractivity contribution in [2.24, 2.45) is 0 Å². The zero-order valence-electron chi connectivity index (χ0n) is 22.7. The Morgan fingerprint density at radius 2 is 0.841 bits per heavy atom. The molecule has 5 atom stereocenters. The maximum atomic E-state index is 13.3. The minimum absolute atomic E-state index is 0.0721. The SMILES string of the molecule is C#C[C@@H]1OC(OC(=O)c2ccncc2)[C@H](OC(=O)c2ccncc2)[C@H](OC(=O)c2ccncc2)[C@@H]1OC(=O)c1ccncc1. The van der Waals surface area contributed by atoms with Gasteiger partial charge in [-0.25, -0.2) is 19.2 Å². The van der Waals surface area contributed by atoms with E-state index >= 15 is 0 Å². The lowest BCUT2D eigenvalue weighted by atomic mass is 9.97. The quantitative estimate of drug-likeness (QED) is 0.166.